The maximum atomic E-state index is 9.66. The highest BCUT2D eigenvalue weighted by atomic mass is 16.5. The molecule has 0 aliphatic heterocycles. The lowest BCUT2D eigenvalue weighted by Gasteiger charge is -1.91. The van der Waals surface area contributed by atoms with E-state index >= 15 is 0 Å². The van der Waals surface area contributed by atoms with Gasteiger partial charge in [0.2, 0.25) is 0 Å². The van der Waals surface area contributed by atoms with Gasteiger partial charge in [0.1, 0.15) is 5.76 Å². The van der Waals surface area contributed by atoms with Crippen molar-refractivity contribution in [1.82, 2.24) is 5.16 Å². The van der Waals surface area contributed by atoms with Gasteiger partial charge in [-0.2, -0.15) is 0 Å². The van der Waals surface area contributed by atoms with Crippen molar-refractivity contribution in [3.63, 3.8) is 0 Å². The van der Waals surface area contributed by atoms with Crippen LogP contribution in [0.3, 0.4) is 0 Å². The van der Waals surface area contributed by atoms with Crippen LogP contribution in [0.5, 0.6) is 0 Å². The Balaban J connectivity index is 2.21. The number of nitrogens with zero attached hydrogens (tertiary/aromatic N) is 1. The van der Waals surface area contributed by atoms with Gasteiger partial charge in [0.25, 0.3) is 6.47 Å². The molecule has 4 heteroatoms. The third-order valence-corrected chi connectivity index (χ3v) is 1.03. The van der Waals surface area contributed by atoms with Crippen molar-refractivity contribution in [3.05, 3.63) is 18.0 Å². The standard InChI is InChI=1S/C6H7NO3/c8-5-9-4-2-6-1-3-7-10-6/h1,3,5H,2,4H2. The summed E-state index contributed by atoms with van der Waals surface area (Å²) in [4.78, 5) is 9.66. The topological polar surface area (TPSA) is 52.3 Å². The van der Waals surface area contributed by atoms with E-state index < -0.39 is 0 Å². The third-order valence-electron chi connectivity index (χ3n) is 1.03. The van der Waals surface area contributed by atoms with Crippen molar-refractivity contribution in [2.24, 2.45) is 0 Å². The monoisotopic (exact) mass is 141 g/mol. The highest BCUT2D eigenvalue weighted by Gasteiger charge is 1.94. The first-order valence-electron chi connectivity index (χ1n) is 2.88. The Morgan fingerprint density at radius 3 is 3.30 bits per heavy atom. The van der Waals surface area contributed by atoms with Crippen LogP contribution in [0, 0.1) is 0 Å². The molecular weight excluding hydrogens is 134 g/mol. The zero-order valence-electron chi connectivity index (χ0n) is 5.32. The number of ether oxygens (including phenoxy) is 1. The van der Waals surface area contributed by atoms with E-state index in [1.54, 1.807) is 12.3 Å². The molecule has 0 amide bonds. The zero-order chi connectivity index (χ0) is 7.23. The van der Waals surface area contributed by atoms with Crippen molar-refractivity contribution in [1.29, 1.82) is 0 Å². The second kappa shape index (κ2) is 3.66. The molecule has 0 aliphatic rings. The number of hydrogen-bond acceptors (Lipinski definition) is 4. The molecule has 0 atom stereocenters. The molecule has 1 rings (SSSR count). The van der Waals surface area contributed by atoms with Crippen LogP contribution in [-0.2, 0) is 16.0 Å². The van der Waals surface area contributed by atoms with Crippen molar-refractivity contribution >= 4 is 6.47 Å². The van der Waals surface area contributed by atoms with E-state index in [2.05, 4.69) is 9.89 Å². The Morgan fingerprint density at radius 2 is 2.70 bits per heavy atom. The molecule has 10 heavy (non-hydrogen) atoms. The second-order valence-corrected chi connectivity index (χ2v) is 1.70. The molecule has 1 aromatic rings. The lowest BCUT2D eigenvalue weighted by atomic mass is 10.3. The summed E-state index contributed by atoms with van der Waals surface area (Å²) in [6, 6.07) is 1.73. The summed E-state index contributed by atoms with van der Waals surface area (Å²) in [6.07, 6.45) is 2.13. The van der Waals surface area contributed by atoms with Gasteiger partial charge in [-0.3, -0.25) is 4.79 Å². The van der Waals surface area contributed by atoms with Crippen LogP contribution >= 0.6 is 0 Å². The van der Waals surface area contributed by atoms with E-state index in [-0.39, 0.29) is 0 Å². The molecule has 0 radical (unpaired) electrons. The Hall–Kier alpha value is -1.32. The van der Waals surface area contributed by atoms with Gasteiger partial charge < -0.3 is 9.26 Å². The molecule has 0 aliphatic carbocycles. The molecule has 0 aromatic carbocycles. The van der Waals surface area contributed by atoms with Gasteiger partial charge >= 0.3 is 0 Å². The minimum atomic E-state index is 0.346. The van der Waals surface area contributed by atoms with Gasteiger partial charge in [-0.05, 0) is 0 Å². The highest BCUT2D eigenvalue weighted by molar-refractivity contribution is 5.36. The van der Waals surface area contributed by atoms with Crippen LogP contribution in [0.2, 0.25) is 0 Å². The first-order valence-corrected chi connectivity index (χ1v) is 2.88. The molecule has 0 fully saturated rings. The predicted octanol–water partition coefficient (Wildman–Crippen LogP) is 0.390. The number of carbonyl (C=O) groups excluding carboxylic acids is 1. The molecule has 0 spiro atoms. The Labute approximate surface area is 57.8 Å². The second-order valence-electron chi connectivity index (χ2n) is 1.70. The lowest BCUT2D eigenvalue weighted by molar-refractivity contribution is -0.128. The van der Waals surface area contributed by atoms with Gasteiger partial charge in [-0.15, -0.1) is 0 Å². The fraction of sp³-hybridized carbons (Fsp3) is 0.333. The number of hydrogen-bond donors (Lipinski definition) is 0. The summed E-state index contributed by atoms with van der Waals surface area (Å²) in [5.74, 6) is 0.724. The SMILES string of the molecule is O=COCCc1ccno1. The minimum absolute atomic E-state index is 0.346. The van der Waals surface area contributed by atoms with Crippen LogP contribution in [0.4, 0.5) is 0 Å². The van der Waals surface area contributed by atoms with Crippen molar-refractivity contribution in [3.8, 4) is 0 Å². The van der Waals surface area contributed by atoms with E-state index in [0.717, 1.165) is 5.76 Å². The fourth-order valence-electron chi connectivity index (χ4n) is 0.579. The molecule has 0 unspecified atom stereocenters. The van der Waals surface area contributed by atoms with Gasteiger partial charge in [0.05, 0.1) is 12.8 Å². The summed E-state index contributed by atoms with van der Waals surface area (Å²) < 4.78 is 9.17. The Kier molecular flexibility index (Phi) is 2.49. The minimum Gasteiger partial charge on any atom is -0.467 e. The zero-order valence-corrected chi connectivity index (χ0v) is 5.32. The first kappa shape index (κ1) is 6.80. The molecule has 0 saturated carbocycles. The first-order chi connectivity index (χ1) is 4.93. The molecule has 1 heterocycles. The Bertz CT molecular complexity index is 183. The van der Waals surface area contributed by atoms with E-state index in [4.69, 9.17) is 4.52 Å². The van der Waals surface area contributed by atoms with Gasteiger partial charge in [0.15, 0.2) is 0 Å². The quantitative estimate of drug-likeness (QED) is 0.449. The summed E-state index contributed by atoms with van der Waals surface area (Å²) in [5, 5.41) is 3.48. The van der Waals surface area contributed by atoms with E-state index in [0.29, 0.717) is 19.5 Å². The maximum absolute atomic E-state index is 9.66. The largest absolute Gasteiger partial charge is 0.467 e. The molecule has 0 N–H and O–H groups in total. The van der Waals surface area contributed by atoms with E-state index in [1.165, 1.54) is 0 Å². The molecule has 4 nitrogen and oxygen atoms in total. The summed E-state index contributed by atoms with van der Waals surface area (Å²) in [7, 11) is 0. The van der Waals surface area contributed by atoms with Crippen LogP contribution in [-0.4, -0.2) is 18.2 Å². The van der Waals surface area contributed by atoms with Crippen molar-refractivity contribution in [2.75, 3.05) is 6.61 Å². The fourth-order valence-corrected chi connectivity index (χ4v) is 0.579. The predicted molar refractivity (Wildman–Crippen MR) is 32.2 cm³/mol. The molecular formula is C6H7NO3. The summed E-state index contributed by atoms with van der Waals surface area (Å²) in [5.41, 5.74) is 0. The number of aromatic nitrogens is 1. The maximum Gasteiger partial charge on any atom is 0.293 e. The average Bonchev–Trinajstić information content (AvgIpc) is 2.41. The average molecular weight is 141 g/mol. The summed E-state index contributed by atoms with van der Waals surface area (Å²) >= 11 is 0. The van der Waals surface area contributed by atoms with Gasteiger partial charge in [-0.1, -0.05) is 5.16 Å². The van der Waals surface area contributed by atoms with Crippen LogP contribution in [0.25, 0.3) is 0 Å². The third kappa shape index (κ3) is 1.89. The Morgan fingerprint density at radius 1 is 1.80 bits per heavy atom. The normalized spacial score (nSPS) is 9.20. The van der Waals surface area contributed by atoms with Crippen LogP contribution in [0.1, 0.15) is 5.76 Å². The smallest absolute Gasteiger partial charge is 0.293 e. The molecule has 1 aromatic heterocycles. The molecule has 0 saturated heterocycles. The summed E-state index contributed by atoms with van der Waals surface area (Å²) in [6.45, 7) is 0.759. The molecule has 0 bridgehead atoms. The van der Waals surface area contributed by atoms with Gasteiger partial charge in [0, 0.05) is 12.5 Å². The van der Waals surface area contributed by atoms with Gasteiger partial charge in [-0.25, -0.2) is 0 Å². The highest BCUT2D eigenvalue weighted by Crippen LogP contribution is 1.96. The van der Waals surface area contributed by atoms with Crippen LogP contribution < -0.4 is 0 Å². The lowest BCUT2D eigenvalue weighted by Crippen LogP contribution is -1.94. The van der Waals surface area contributed by atoms with Crippen LogP contribution in [0.15, 0.2) is 16.8 Å². The van der Waals surface area contributed by atoms with E-state index in [1.807, 2.05) is 0 Å². The van der Waals surface area contributed by atoms with E-state index in [9.17, 15) is 4.79 Å². The number of carbonyl (C=O) groups is 1. The van der Waals surface area contributed by atoms with Crippen molar-refractivity contribution < 1.29 is 14.1 Å². The van der Waals surface area contributed by atoms with Crippen molar-refractivity contribution in [2.45, 2.75) is 6.42 Å². The number of rotatable bonds is 4. The molecule has 54 valence electrons.